The number of carbonyl (C=O) groups is 1. The van der Waals surface area contributed by atoms with Crippen LogP contribution in [0.5, 0.6) is 5.75 Å². The molecule has 0 spiro atoms. The lowest BCUT2D eigenvalue weighted by atomic mass is 9.81. The van der Waals surface area contributed by atoms with Crippen molar-refractivity contribution in [3.05, 3.63) is 64.2 Å². The molecule has 27 heavy (non-hydrogen) atoms. The van der Waals surface area contributed by atoms with Crippen LogP contribution in [0, 0.1) is 0 Å². The summed E-state index contributed by atoms with van der Waals surface area (Å²) in [5, 5.41) is 13.3. The normalized spacial score (nSPS) is 17.4. The number of aromatic hydroxyl groups is 1. The summed E-state index contributed by atoms with van der Waals surface area (Å²) in [6.45, 7) is 5.45. The predicted molar refractivity (Wildman–Crippen MR) is 109 cm³/mol. The number of phenolic OH excluding ortho intramolecular Hbond substituents is 1. The molecule has 1 aliphatic rings. The number of halogens is 1. The Morgan fingerprint density at radius 2 is 1.96 bits per heavy atom. The highest BCUT2D eigenvalue weighted by molar-refractivity contribution is 6.32. The maximum absolute atomic E-state index is 12.5. The second-order valence-corrected chi connectivity index (χ2v) is 8.42. The fourth-order valence-electron chi connectivity index (χ4n) is 3.71. The van der Waals surface area contributed by atoms with Crippen molar-refractivity contribution >= 4 is 17.5 Å². The number of nitrogens with zero attached hydrogens (tertiary/aromatic N) is 1. The van der Waals surface area contributed by atoms with E-state index in [4.69, 9.17) is 11.6 Å². The Hall–Kier alpha value is -2.04. The summed E-state index contributed by atoms with van der Waals surface area (Å²) in [4.78, 5) is 14.7. The van der Waals surface area contributed by atoms with E-state index in [0.717, 1.165) is 17.5 Å². The third-order valence-corrected chi connectivity index (χ3v) is 5.92. The molecular weight excluding hydrogens is 360 g/mol. The second-order valence-electron chi connectivity index (χ2n) is 8.04. The number of hydrogen-bond donors (Lipinski definition) is 2. The van der Waals surface area contributed by atoms with Crippen LogP contribution in [0.1, 0.15) is 37.0 Å². The first-order chi connectivity index (χ1) is 12.8. The molecule has 0 fully saturated rings. The molecule has 4 nitrogen and oxygen atoms in total. The minimum absolute atomic E-state index is 0.0618. The zero-order chi connectivity index (χ0) is 19.6. The Labute approximate surface area is 166 Å². The van der Waals surface area contributed by atoms with Gasteiger partial charge in [-0.25, -0.2) is 0 Å². The number of phenols is 1. The summed E-state index contributed by atoms with van der Waals surface area (Å²) in [5.74, 6) is 0.186. The highest BCUT2D eigenvalue weighted by Gasteiger charge is 2.28. The molecule has 2 N–H and O–H groups in total. The molecule has 2 aromatic carbocycles. The Bertz CT molecular complexity index is 821. The van der Waals surface area contributed by atoms with E-state index in [-0.39, 0.29) is 23.1 Å². The van der Waals surface area contributed by atoms with Crippen LogP contribution in [0.4, 0.5) is 0 Å². The zero-order valence-electron chi connectivity index (χ0n) is 16.1. The number of benzene rings is 2. The average molecular weight is 387 g/mol. The van der Waals surface area contributed by atoms with Crippen molar-refractivity contribution in [2.45, 2.75) is 44.7 Å². The average Bonchev–Trinajstić information content (AvgIpc) is 2.64. The highest BCUT2D eigenvalue weighted by Crippen LogP contribution is 2.34. The number of likely N-dealkylation sites (N-methyl/N-ethyl adjacent to an activating group) is 1. The molecule has 1 heterocycles. The van der Waals surface area contributed by atoms with E-state index >= 15 is 0 Å². The smallest absolute Gasteiger partial charge is 0.220 e. The number of rotatable bonds is 5. The molecule has 0 aromatic heterocycles. The summed E-state index contributed by atoms with van der Waals surface area (Å²) < 4.78 is 0. The van der Waals surface area contributed by atoms with Crippen molar-refractivity contribution in [3.63, 3.8) is 0 Å². The minimum atomic E-state index is -0.207. The molecule has 0 aliphatic carbocycles. The molecule has 1 atom stereocenters. The van der Waals surface area contributed by atoms with Gasteiger partial charge in [-0.3, -0.25) is 9.69 Å². The van der Waals surface area contributed by atoms with Gasteiger partial charge in [0, 0.05) is 25.6 Å². The summed E-state index contributed by atoms with van der Waals surface area (Å²) in [7, 11) is 2.02. The third-order valence-electron chi connectivity index (χ3n) is 5.50. The van der Waals surface area contributed by atoms with Gasteiger partial charge in [-0.05, 0) is 41.6 Å². The first kappa shape index (κ1) is 19.7. The number of amides is 1. The quantitative estimate of drug-likeness (QED) is 0.819. The molecule has 3 rings (SSSR count). The van der Waals surface area contributed by atoms with Gasteiger partial charge in [-0.15, -0.1) is 0 Å². The summed E-state index contributed by atoms with van der Waals surface area (Å²) in [5.41, 5.74) is 3.08. The lowest BCUT2D eigenvalue weighted by Crippen LogP contribution is -2.46. The van der Waals surface area contributed by atoms with Gasteiger partial charge >= 0.3 is 0 Å². The fourth-order valence-corrected chi connectivity index (χ4v) is 3.96. The van der Waals surface area contributed by atoms with Crippen LogP contribution < -0.4 is 5.32 Å². The second kappa shape index (κ2) is 7.91. The maximum atomic E-state index is 12.5. The van der Waals surface area contributed by atoms with E-state index in [2.05, 4.69) is 36.2 Å². The van der Waals surface area contributed by atoms with Crippen molar-refractivity contribution in [1.29, 1.82) is 0 Å². The number of fused-ring (bicyclic) bond motifs is 1. The van der Waals surface area contributed by atoms with Crippen LogP contribution in [0.25, 0.3) is 0 Å². The molecule has 0 saturated heterocycles. The van der Waals surface area contributed by atoms with E-state index in [0.29, 0.717) is 24.5 Å². The molecule has 1 amide bonds. The van der Waals surface area contributed by atoms with E-state index in [1.54, 1.807) is 6.07 Å². The van der Waals surface area contributed by atoms with Crippen LogP contribution in [0.2, 0.25) is 5.02 Å². The maximum Gasteiger partial charge on any atom is 0.220 e. The van der Waals surface area contributed by atoms with Crippen LogP contribution in [0.15, 0.2) is 42.5 Å². The van der Waals surface area contributed by atoms with E-state index in [1.165, 1.54) is 5.56 Å². The van der Waals surface area contributed by atoms with Crippen LogP contribution in [-0.4, -0.2) is 35.5 Å². The molecule has 144 valence electrons. The lowest BCUT2D eigenvalue weighted by molar-refractivity contribution is -0.122. The van der Waals surface area contributed by atoms with Gasteiger partial charge in [-0.2, -0.15) is 0 Å². The summed E-state index contributed by atoms with van der Waals surface area (Å²) in [6.07, 6.45) is 1.25. The number of nitrogens with one attached hydrogen (secondary N) is 1. The van der Waals surface area contributed by atoms with Gasteiger partial charge in [-0.1, -0.05) is 61.8 Å². The van der Waals surface area contributed by atoms with E-state index in [1.807, 2.05) is 31.3 Å². The Morgan fingerprint density at radius 1 is 1.26 bits per heavy atom. The van der Waals surface area contributed by atoms with Crippen molar-refractivity contribution in [1.82, 2.24) is 10.2 Å². The van der Waals surface area contributed by atoms with Crippen LogP contribution >= 0.6 is 11.6 Å². The summed E-state index contributed by atoms with van der Waals surface area (Å²) >= 11 is 6.24. The van der Waals surface area contributed by atoms with Crippen molar-refractivity contribution < 1.29 is 9.90 Å². The standard InChI is InChI=1S/C22H27ClN2O2/c1-22(2,16-7-5-4-6-8-16)12-20(27)24-13-17-11-15-9-10-19(26)21(23)18(15)14-25(17)3/h4-10,17,26H,11-14H2,1-3H3,(H,24,27)/t17-/m0/s1. The van der Waals surface area contributed by atoms with Gasteiger partial charge in [0.2, 0.25) is 5.91 Å². The molecule has 2 aromatic rings. The Kier molecular flexibility index (Phi) is 5.78. The van der Waals surface area contributed by atoms with Gasteiger partial charge in [0.25, 0.3) is 0 Å². The van der Waals surface area contributed by atoms with E-state index < -0.39 is 0 Å². The third kappa shape index (κ3) is 4.45. The SMILES string of the molecule is CN1Cc2c(ccc(O)c2Cl)C[C@H]1CNC(=O)CC(C)(C)c1ccccc1. The molecule has 0 radical (unpaired) electrons. The Balaban J connectivity index is 1.60. The van der Waals surface area contributed by atoms with Gasteiger partial charge < -0.3 is 10.4 Å². The van der Waals surface area contributed by atoms with Crippen LogP contribution in [0.3, 0.4) is 0 Å². The van der Waals surface area contributed by atoms with Gasteiger partial charge in [0.05, 0.1) is 5.02 Å². The first-order valence-electron chi connectivity index (χ1n) is 9.29. The fraction of sp³-hybridized carbons (Fsp3) is 0.409. The summed E-state index contributed by atoms with van der Waals surface area (Å²) in [6, 6.07) is 13.9. The monoisotopic (exact) mass is 386 g/mol. The predicted octanol–water partition coefficient (Wildman–Crippen LogP) is 3.89. The van der Waals surface area contributed by atoms with Crippen molar-refractivity contribution in [2.24, 2.45) is 0 Å². The molecule has 1 aliphatic heterocycles. The number of hydrogen-bond acceptors (Lipinski definition) is 3. The lowest BCUT2D eigenvalue weighted by Gasteiger charge is -2.35. The van der Waals surface area contributed by atoms with Gasteiger partial charge in [0.15, 0.2) is 0 Å². The Morgan fingerprint density at radius 3 is 2.67 bits per heavy atom. The van der Waals surface area contributed by atoms with Crippen molar-refractivity contribution in [2.75, 3.05) is 13.6 Å². The number of carbonyl (C=O) groups excluding carboxylic acids is 1. The largest absolute Gasteiger partial charge is 0.506 e. The molecule has 0 unspecified atom stereocenters. The first-order valence-corrected chi connectivity index (χ1v) is 9.67. The molecule has 0 saturated carbocycles. The van der Waals surface area contributed by atoms with Gasteiger partial charge in [0.1, 0.15) is 5.75 Å². The highest BCUT2D eigenvalue weighted by atomic mass is 35.5. The van der Waals surface area contributed by atoms with Crippen LogP contribution in [-0.2, 0) is 23.2 Å². The van der Waals surface area contributed by atoms with E-state index in [9.17, 15) is 9.90 Å². The minimum Gasteiger partial charge on any atom is -0.506 e. The molecule has 0 bridgehead atoms. The van der Waals surface area contributed by atoms with Crippen molar-refractivity contribution in [3.8, 4) is 5.75 Å². The topological polar surface area (TPSA) is 52.6 Å². The molecule has 5 heteroatoms. The molecular formula is C22H27ClN2O2. The zero-order valence-corrected chi connectivity index (χ0v) is 16.9.